The highest BCUT2D eigenvalue weighted by Crippen LogP contribution is 2.35. The minimum atomic E-state index is -0.785. The molecule has 0 saturated heterocycles. The summed E-state index contributed by atoms with van der Waals surface area (Å²) in [5.74, 6) is 0.873. The smallest absolute Gasteiger partial charge is 0.303 e. The Morgan fingerprint density at radius 3 is 2.03 bits per heavy atom. The molecule has 0 aliphatic heterocycles. The van der Waals surface area contributed by atoms with E-state index in [-0.39, 0.29) is 17.3 Å². The molecule has 0 radical (unpaired) electrons. The third-order valence-corrected chi connectivity index (χ3v) is 4.81. The summed E-state index contributed by atoms with van der Waals surface area (Å²) < 4.78 is 11.8. The number of aryl methyl sites for hydroxylation is 1. The molecule has 0 unspecified atom stereocenters. The van der Waals surface area contributed by atoms with Crippen molar-refractivity contribution < 1.29 is 19.4 Å². The van der Waals surface area contributed by atoms with Gasteiger partial charge in [0.15, 0.2) is 0 Å². The van der Waals surface area contributed by atoms with Crippen molar-refractivity contribution in [3.05, 3.63) is 59.2 Å². The maximum Gasteiger partial charge on any atom is 0.303 e. The predicted octanol–water partition coefficient (Wildman–Crippen LogP) is 5.76. The topological polar surface area (TPSA) is 55.8 Å². The fourth-order valence-corrected chi connectivity index (χ4v) is 3.02. The summed E-state index contributed by atoms with van der Waals surface area (Å²) in [6.45, 7) is 14.2. The van der Waals surface area contributed by atoms with Gasteiger partial charge in [-0.25, -0.2) is 0 Å². The van der Waals surface area contributed by atoms with Crippen LogP contribution < -0.4 is 9.47 Å². The molecule has 0 bridgehead atoms. The molecule has 0 heterocycles. The molecule has 2 aromatic carbocycles. The van der Waals surface area contributed by atoms with Gasteiger partial charge in [0.25, 0.3) is 0 Å². The zero-order valence-electron chi connectivity index (χ0n) is 18.5. The highest BCUT2D eigenvalue weighted by Gasteiger charge is 2.23. The van der Waals surface area contributed by atoms with E-state index in [2.05, 4.69) is 59.7 Å². The summed E-state index contributed by atoms with van der Waals surface area (Å²) in [4.78, 5) is 10.6. The molecule has 0 aliphatic rings. The van der Waals surface area contributed by atoms with Gasteiger partial charge in [0.2, 0.25) is 0 Å². The van der Waals surface area contributed by atoms with Crippen LogP contribution in [0.5, 0.6) is 11.5 Å². The Morgan fingerprint density at radius 1 is 0.862 bits per heavy atom. The van der Waals surface area contributed by atoms with Gasteiger partial charge in [-0.15, -0.1) is 0 Å². The Balaban J connectivity index is 1.94. The fraction of sp³-hybridized carbons (Fsp3) is 0.480. The van der Waals surface area contributed by atoms with Gasteiger partial charge in [-0.1, -0.05) is 65.8 Å². The first-order chi connectivity index (χ1) is 13.5. The molecular weight excluding hydrogens is 364 g/mol. The van der Waals surface area contributed by atoms with Crippen molar-refractivity contribution in [1.82, 2.24) is 0 Å². The van der Waals surface area contributed by atoms with Crippen molar-refractivity contribution >= 4 is 5.97 Å². The van der Waals surface area contributed by atoms with E-state index in [1.54, 1.807) is 0 Å². The first-order valence-corrected chi connectivity index (χ1v) is 10.2. The molecule has 0 aromatic heterocycles. The molecule has 4 heteroatoms. The second kappa shape index (κ2) is 9.34. The van der Waals surface area contributed by atoms with Crippen LogP contribution in [0.25, 0.3) is 0 Å². The molecule has 1 N–H and O–H groups in total. The van der Waals surface area contributed by atoms with Gasteiger partial charge < -0.3 is 14.6 Å². The first-order valence-electron chi connectivity index (χ1n) is 10.2. The van der Waals surface area contributed by atoms with E-state index < -0.39 is 5.97 Å². The average Bonchev–Trinajstić information content (AvgIpc) is 2.63. The second-order valence-electron chi connectivity index (χ2n) is 9.45. The SMILES string of the molecule is CC(C)(C)c1ccc(OCCOc2ccc(CCC(=O)O)cc2)c(C(C)(C)C)c1. The van der Waals surface area contributed by atoms with Crippen molar-refractivity contribution in [2.24, 2.45) is 0 Å². The molecular formula is C25H34O4. The summed E-state index contributed by atoms with van der Waals surface area (Å²) >= 11 is 0. The van der Waals surface area contributed by atoms with Crippen LogP contribution in [0.15, 0.2) is 42.5 Å². The Labute approximate surface area is 174 Å². The molecule has 0 amide bonds. The molecule has 4 nitrogen and oxygen atoms in total. The van der Waals surface area contributed by atoms with Crippen LogP contribution in [0.4, 0.5) is 0 Å². The fourth-order valence-electron chi connectivity index (χ4n) is 3.02. The van der Waals surface area contributed by atoms with Crippen molar-refractivity contribution in [2.75, 3.05) is 13.2 Å². The molecule has 0 spiro atoms. The Kier molecular flexibility index (Phi) is 7.34. The summed E-state index contributed by atoms with van der Waals surface area (Å²) in [7, 11) is 0. The molecule has 29 heavy (non-hydrogen) atoms. The van der Waals surface area contributed by atoms with Crippen LogP contribution in [-0.2, 0) is 22.0 Å². The number of benzene rings is 2. The number of ether oxygens (including phenoxy) is 2. The molecule has 2 rings (SSSR count). The quantitative estimate of drug-likeness (QED) is 0.575. The van der Waals surface area contributed by atoms with Gasteiger partial charge in [-0.2, -0.15) is 0 Å². The minimum Gasteiger partial charge on any atom is -0.490 e. The first kappa shape index (κ1) is 22.8. The Hall–Kier alpha value is -2.49. The number of carbonyl (C=O) groups is 1. The lowest BCUT2D eigenvalue weighted by atomic mass is 9.80. The third-order valence-electron chi connectivity index (χ3n) is 4.81. The summed E-state index contributed by atoms with van der Waals surface area (Å²) in [6, 6.07) is 14.0. The second-order valence-corrected chi connectivity index (χ2v) is 9.45. The molecule has 0 aliphatic carbocycles. The number of rotatable bonds is 8. The van der Waals surface area contributed by atoms with Crippen LogP contribution in [0.3, 0.4) is 0 Å². The van der Waals surface area contributed by atoms with E-state index in [1.807, 2.05) is 24.3 Å². The predicted molar refractivity (Wildman–Crippen MR) is 117 cm³/mol. The van der Waals surface area contributed by atoms with E-state index in [0.717, 1.165) is 17.1 Å². The van der Waals surface area contributed by atoms with Crippen LogP contribution in [0, 0.1) is 0 Å². The maximum atomic E-state index is 10.6. The molecule has 0 saturated carbocycles. The van der Waals surface area contributed by atoms with E-state index in [0.29, 0.717) is 19.6 Å². The van der Waals surface area contributed by atoms with Crippen LogP contribution in [0.2, 0.25) is 0 Å². The van der Waals surface area contributed by atoms with Gasteiger partial charge in [0.1, 0.15) is 24.7 Å². The molecule has 158 valence electrons. The molecule has 0 fully saturated rings. The normalized spacial score (nSPS) is 11.9. The van der Waals surface area contributed by atoms with Crippen LogP contribution in [-0.4, -0.2) is 24.3 Å². The molecule has 0 atom stereocenters. The third kappa shape index (κ3) is 7.12. The largest absolute Gasteiger partial charge is 0.490 e. The minimum absolute atomic E-state index is 0.0107. The monoisotopic (exact) mass is 398 g/mol. The van der Waals surface area contributed by atoms with E-state index >= 15 is 0 Å². The molecule has 2 aromatic rings. The van der Waals surface area contributed by atoms with Crippen molar-refractivity contribution in [3.63, 3.8) is 0 Å². The number of aliphatic carboxylic acids is 1. The number of hydrogen-bond acceptors (Lipinski definition) is 3. The Bertz CT molecular complexity index is 808. The lowest BCUT2D eigenvalue weighted by molar-refractivity contribution is -0.136. The lowest BCUT2D eigenvalue weighted by Gasteiger charge is -2.27. The van der Waals surface area contributed by atoms with E-state index in [9.17, 15) is 4.79 Å². The zero-order valence-corrected chi connectivity index (χ0v) is 18.5. The number of hydrogen-bond donors (Lipinski definition) is 1. The van der Waals surface area contributed by atoms with Crippen molar-refractivity contribution in [1.29, 1.82) is 0 Å². The average molecular weight is 399 g/mol. The van der Waals surface area contributed by atoms with Gasteiger partial charge in [0, 0.05) is 6.42 Å². The van der Waals surface area contributed by atoms with Crippen molar-refractivity contribution in [3.8, 4) is 11.5 Å². The van der Waals surface area contributed by atoms with Gasteiger partial charge in [-0.05, 0) is 52.1 Å². The lowest BCUT2D eigenvalue weighted by Crippen LogP contribution is -2.18. The highest BCUT2D eigenvalue weighted by molar-refractivity contribution is 5.67. The maximum absolute atomic E-state index is 10.6. The number of carboxylic acids is 1. The van der Waals surface area contributed by atoms with Gasteiger partial charge >= 0.3 is 5.97 Å². The zero-order chi connectivity index (χ0) is 21.7. The standard InChI is InChI=1S/C25H34O4/c1-24(2,3)19-10-13-22(21(17-19)25(4,5)6)29-16-15-28-20-11-7-18(8-12-20)9-14-23(26)27/h7-8,10-13,17H,9,14-16H2,1-6H3,(H,26,27). The van der Waals surface area contributed by atoms with Gasteiger partial charge in [-0.3, -0.25) is 4.79 Å². The van der Waals surface area contributed by atoms with Crippen molar-refractivity contribution in [2.45, 2.75) is 65.2 Å². The Morgan fingerprint density at radius 2 is 1.48 bits per heavy atom. The van der Waals surface area contributed by atoms with Crippen LogP contribution >= 0.6 is 0 Å². The summed E-state index contributed by atoms with van der Waals surface area (Å²) in [6.07, 6.45) is 0.664. The summed E-state index contributed by atoms with van der Waals surface area (Å²) in [5.41, 5.74) is 3.58. The number of carboxylic acid groups (broad SMARTS) is 1. The van der Waals surface area contributed by atoms with E-state index in [1.165, 1.54) is 11.1 Å². The van der Waals surface area contributed by atoms with Crippen LogP contribution in [0.1, 0.15) is 64.7 Å². The van der Waals surface area contributed by atoms with E-state index in [4.69, 9.17) is 14.6 Å². The summed E-state index contributed by atoms with van der Waals surface area (Å²) in [5, 5.41) is 8.75. The highest BCUT2D eigenvalue weighted by atomic mass is 16.5. The van der Waals surface area contributed by atoms with Gasteiger partial charge in [0.05, 0.1) is 0 Å².